The van der Waals surface area contributed by atoms with Gasteiger partial charge in [0.2, 0.25) is 0 Å². The molecule has 2 aromatic rings. The quantitative estimate of drug-likeness (QED) is 0.624. The lowest BCUT2D eigenvalue weighted by Crippen LogP contribution is -2.41. The first-order valence-corrected chi connectivity index (χ1v) is 9.51. The molecule has 0 saturated carbocycles. The monoisotopic (exact) mass is 367 g/mol. The highest BCUT2D eigenvalue weighted by atomic mass is 16.5. The van der Waals surface area contributed by atoms with Gasteiger partial charge >= 0.3 is 0 Å². The van der Waals surface area contributed by atoms with Gasteiger partial charge < -0.3 is 20.9 Å². The number of nitrogens with zero attached hydrogens (tertiary/aromatic N) is 1. The van der Waals surface area contributed by atoms with Crippen LogP contribution >= 0.6 is 0 Å². The molecule has 1 fully saturated rings. The predicted molar refractivity (Wildman–Crippen MR) is 112 cm³/mol. The number of likely N-dealkylation sites (tertiary alicyclic amines) is 1. The minimum absolute atomic E-state index is 0.0339. The first-order chi connectivity index (χ1) is 13.2. The Morgan fingerprint density at radius 3 is 2.81 bits per heavy atom. The van der Waals surface area contributed by atoms with Gasteiger partial charge in [-0.25, -0.2) is 0 Å². The van der Waals surface area contributed by atoms with Crippen molar-refractivity contribution in [1.29, 1.82) is 0 Å². The van der Waals surface area contributed by atoms with Crippen molar-refractivity contribution in [2.75, 3.05) is 37.4 Å². The maximum Gasteiger partial charge on any atom is 0.119 e. The molecule has 1 heterocycles. The highest BCUT2D eigenvalue weighted by molar-refractivity contribution is 5.68. The normalized spacial score (nSPS) is 17.4. The second kappa shape index (κ2) is 9.44. The van der Waals surface area contributed by atoms with Gasteiger partial charge in [-0.1, -0.05) is 24.8 Å². The van der Waals surface area contributed by atoms with E-state index < -0.39 is 0 Å². The third-order valence-corrected chi connectivity index (χ3v) is 4.87. The molecule has 0 bridgehead atoms. The summed E-state index contributed by atoms with van der Waals surface area (Å²) in [6.07, 6.45) is 4.14. The lowest BCUT2D eigenvalue weighted by Gasteiger charge is -2.33. The van der Waals surface area contributed by atoms with Gasteiger partial charge in [-0.2, -0.15) is 0 Å². The lowest BCUT2D eigenvalue weighted by molar-refractivity contribution is 0.200. The fourth-order valence-corrected chi connectivity index (χ4v) is 3.51. The second-order valence-corrected chi connectivity index (χ2v) is 6.98. The fourth-order valence-electron chi connectivity index (χ4n) is 3.51. The number of ether oxygens (including phenoxy) is 1. The summed E-state index contributed by atoms with van der Waals surface area (Å²) in [5.41, 5.74) is 10.0. The third kappa shape index (κ3) is 5.49. The van der Waals surface area contributed by atoms with Crippen molar-refractivity contribution >= 4 is 17.5 Å². The van der Waals surface area contributed by atoms with Gasteiger partial charge in [-0.05, 0) is 60.8 Å². The molecule has 5 heteroatoms. The number of nitrogens with one attached hydrogen (secondary N) is 1. The molecule has 2 aromatic carbocycles. The summed E-state index contributed by atoms with van der Waals surface area (Å²) >= 11 is 0. The van der Waals surface area contributed by atoms with Gasteiger partial charge in [0.05, 0.1) is 6.61 Å². The van der Waals surface area contributed by atoms with Crippen LogP contribution in [0.2, 0.25) is 0 Å². The van der Waals surface area contributed by atoms with Crippen LogP contribution in [0.25, 0.3) is 6.08 Å². The zero-order chi connectivity index (χ0) is 19.1. The average Bonchev–Trinajstić information content (AvgIpc) is 2.69. The van der Waals surface area contributed by atoms with Crippen molar-refractivity contribution in [3.05, 3.63) is 60.2 Å². The lowest BCUT2D eigenvalue weighted by atomic mass is 10.0. The van der Waals surface area contributed by atoms with Crippen LogP contribution < -0.4 is 15.8 Å². The Balaban J connectivity index is 1.55. The van der Waals surface area contributed by atoms with Crippen LogP contribution in [0.3, 0.4) is 0 Å². The number of hydrogen-bond acceptors (Lipinski definition) is 5. The Bertz CT molecular complexity index is 746. The molecule has 5 nitrogen and oxygen atoms in total. The van der Waals surface area contributed by atoms with Crippen molar-refractivity contribution in [2.45, 2.75) is 25.4 Å². The summed E-state index contributed by atoms with van der Waals surface area (Å²) < 4.78 is 5.42. The van der Waals surface area contributed by atoms with Gasteiger partial charge in [0.15, 0.2) is 0 Å². The second-order valence-electron chi connectivity index (χ2n) is 6.98. The number of aliphatic hydroxyl groups is 1. The number of benzene rings is 2. The summed E-state index contributed by atoms with van der Waals surface area (Å²) in [5.74, 6) is 0.798. The molecule has 0 aromatic heterocycles. The summed E-state index contributed by atoms with van der Waals surface area (Å²) in [4.78, 5) is 2.48. The largest absolute Gasteiger partial charge is 0.491 e. The Labute approximate surface area is 161 Å². The highest BCUT2D eigenvalue weighted by Crippen LogP contribution is 2.22. The Hall–Kier alpha value is -2.50. The number of anilines is 2. The topological polar surface area (TPSA) is 70.8 Å². The highest BCUT2D eigenvalue weighted by Gasteiger charge is 2.20. The molecule has 1 saturated heterocycles. The molecule has 0 radical (unpaired) electrons. The molecule has 0 spiro atoms. The van der Waals surface area contributed by atoms with Crippen LogP contribution in [-0.2, 0) is 6.54 Å². The standard InChI is InChI=1S/C22H29N3O2/c1-2-18-14-19(7-10-22(18)23)24-20-4-3-11-25(16-20)15-17-5-8-21(9-6-17)27-13-12-26/h2,5-10,14,20,24,26H,1,3-4,11-13,15-16,23H2. The smallest absolute Gasteiger partial charge is 0.119 e. The molecule has 27 heavy (non-hydrogen) atoms. The summed E-state index contributed by atoms with van der Waals surface area (Å²) in [6.45, 7) is 7.24. The summed E-state index contributed by atoms with van der Waals surface area (Å²) in [7, 11) is 0. The molecular weight excluding hydrogens is 338 g/mol. The fraction of sp³-hybridized carbons (Fsp3) is 0.364. The zero-order valence-corrected chi connectivity index (χ0v) is 15.7. The Kier molecular flexibility index (Phi) is 6.74. The zero-order valence-electron chi connectivity index (χ0n) is 15.7. The van der Waals surface area contributed by atoms with Crippen LogP contribution in [0.5, 0.6) is 5.75 Å². The van der Waals surface area contributed by atoms with Crippen LogP contribution in [0, 0.1) is 0 Å². The molecule has 1 aliphatic heterocycles. The van der Waals surface area contributed by atoms with Crippen LogP contribution in [0.15, 0.2) is 49.0 Å². The maximum atomic E-state index is 8.82. The minimum Gasteiger partial charge on any atom is -0.491 e. The van der Waals surface area contributed by atoms with E-state index in [1.807, 2.05) is 24.3 Å². The van der Waals surface area contributed by atoms with Crippen LogP contribution in [0.4, 0.5) is 11.4 Å². The predicted octanol–water partition coefficient (Wildman–Crippen LogP) is 3.36. The van der Waals surface area contributed by atoms with E-state index in [4.69, 9.17) is 15.6 Å². The van der Waals surface area contributed by atoms with Crippen LogP contribution in [-0.4, -0.2) is 42.4 Å². The summed E-state index contributed by atoms with van der Waals surface area (Å²) in [6, 6.07) is 14.6. The Morgan fingerprint density at radius 2 is 2.07 bits per heavy atom. The van der Waals surface area contributed by atoms with E-state index in [1.165, 1.54) is 12.0 Å². The van der Waals surface area contributed by atoms with E-state index in [9.17, 15) is 0 Å². The molecule has 1 unspecified atom stereocenters. The van der Waals surface area contributed by atoms with E-state index in [-0.39, 0.29) is 6.61 Å². The third-order valence-electron chi connectivity index (χ3n) is 4.87. The molecule has 3 rings (SSSR count). The summed E-state index contributed by atoms with van der Waals surface area (Å²) in [5, 5.41) is 12.5. The molecule has 4 N–H and O–H groups in total. The van der Waals surface area contributed by atoms with Gasteiger partial charge in [-0.3, -0.25) is 4.90 Å². The number of piperidine rings is 1. The van der Waals surface area contributed by atoms with Crippen molar-refractivity contribution in [3.8, 4) is 5.75 Å². The maximum absolute atomic E-state index is 8.82. The molecule has 1 aliphatic rings. The molecule has 1 atom stereocenters. The van der Waals surface area contributed by atoms with Gasteiger partial charge in [0, 0.05) is 30.5 Å². The number of hydrogen-bond donors (Lipinski definition) is 3. The van der Waals surface area contributed by atoms with Crippen LogP contribution in [0.1, 0.15) is 24.0 Å². The van der Waals surface area contributed by atoms with E-state index in [0.717, 1.165) is 48.7 Å². The number of rotatable bonds is 8. The van der Waals surface area contributed by atoms with Gasteiger partial charge in [-0.15, -0.1) is 0 Å². The Morgan fingerprint density at radius 1 is 1.26 bits per heavy atom. The first-order valence-electron chi connectivity index (χ1n) is 9.51. The van der Waals surface area contributed by atoms with Crippen molar-refractivity contribution < 1.29 is 9.84 Å². The molecule has 0 aliphatic carbocycles. The van der Waals surface area contributed by atoms with E-state index >= 15 is 0 Å². The van der Waals surface area contributed by atoms with Crippen molar-refractivity contribution in [3.63, 3.8) is 0 Å². The number of nitrogen functional groups attached to an aromatic ring is 1. The SMILES string of the molecule is C=Cc1cc(NC2CCCN(Cc3ccc(OCCO)cc3)C2)ccc1N. The van der Waals surface area contributed by atoms with Crippen molar-refractivity contribution in [2.24, 2.45) is 0 Å². The first kappa shape index (κ1) is 19.3. The van der Waals surface area contributed by atoms with E-state index in [0.29, 0.717) is 12.6 Å². The molecular formula is C22H29N3O2. The van der Waals surface area contributed by atoms with Gasteiger partial charge in [0.1, 0.15) is 12.4 Å². The minimum atomic E-state index is 0.0339. The van der Waals surface area contributed by atoms with Crippen molar-refractivity contribution in [1.82, 2.24) is 4.90 Å². The number of aliphatic hydroxyl groups excluding tert-OH is 1. The van der Waals surface area contributed by atoms with E-state index in [2.05, 4.69) is 35.0 Å². The molecule has 0 amide bonds. The average molecular weight is 367 g/mol. The number of nitrogens with two attached hydrogens (primary N) is 1. The van der Waals surface area contributed by atoms with Gasteiger partial charge in [0.25, 0.3) is 0 Å². The molecule has 144 valence electrons. The van der Waals surface area contributed by atoms with E-state index in [1.54, 1.807) is 6.08 Å².